The van der Waals surface area contributed by atoms with E-state index in [1.54, 1.807) is 0 Å². The average molecular weight is 373 g/mol. The molecule has 0 fully saturated rings. The normalized spacial score (nSPS) is 12.6. The summed E-state index contributed by atoms with van der Waals surface area (Å²) in [5.41, 5.74) is 0. The van der Waals surface area contributed by atoms with E-state index in [-0.39, 0.29) is 0 Å². The van der Waals surface area contributed by atoms with Gasteiger partial charge in [-0.1, -0.05) is 135 Å². The predicted molar refractivity (Wildman–Crippen MR) is 118 cm³/mol. The SMILES string of the molecule is CCCCCCCCCCCCCCCCCCCCCCC(C)Cl. The van der Waals surface area contributed by atoms with Crippen LogP contribution in [-0.4, -0.2) is 5.38 Å². The van der Waals surface area contributed by atoms with Crippen molar-refractivity contribution in [2.24, 2.45) is 0 Å². The van der Waals surface area contributed by atoms with Gasteiger partial charge >= 0.3 is 0 Å². The number of alkyl halides is 1. The Labute approximate surface area is 165 Å². The quantitative estimate of drug-likeness (QED) is 0.139. The van der Waals surface area contributed by atoms with Crippen LogP contribution in [0, 0.1) is 0 Å². The van der Waals surface area contributed by atoms with Crippen LogP contribution in [0.15, 0.2) is 0 Å². The largest absolute Gasteiger partial charge is 0.123 e. The summed E-state index contributed by atoms with van der Waals surface area (Å²) in [6.07, 6.45) is 30.2. The lowest BCUT2D eigenvalue weighted by molar-refractivity contribution is 0.520. The molecule has 0 aromatic heterocycles. The maximum Gasteiger partial charge on any atom is 0.0307 e. The standard InChI is InChI=1S/C24H49Cl/c1-3-4-5-6-7-8-9-10-11-12-13-14-15-16-17-18-19-20-21-22-23-24(2)25/h24H,3-23H2,1-2H3. The van der Waals surface area contributed by atoms with Gasteiger partial charge in [0.05, 0.1) is 0 Å². The number of hydrogen-bond acceptors (Lipinski definition) is 0. The maximum absolute atomic E-state index is 5.96. The summed E-state index contributed by atoms with van der Waals surface area (Å²) in [4.78, 5) is 0. The molecule has 0 aromatic rings. The second-order valence-electron chi connectivity index (χ2n) is 8.29. The predicted octanol–water partition coefficient (Wildman–Crippen LogP) is 9.83. The zero-order valence-corrected chi connectivity index (χ0v) is 18.6. The lowest BCUT2D eigenvalue weighted by atomic mass is 10.0. The van der Waals surface area contributed by atoms with Gasteiger partial charge in [0.1, 0.15) is 0 Å². The third kappa shape index (κ3) is 24.3. The highest BCUT2D eigenvalue weighted by atomic mass is 35.5. The summed E-state index contributed by atoms with van der Waals surface area (Å²) in [7, 11) is 0. The lowest BCUT2D eigenvalue weighted by Gasteiger charge is -2.04. The molecule has 0 saturated heterocycles. The fourth-order valence-electron chi connectivity index (χ4n) is 3.68. The Morgan fingerprint density at radius 1 is 0.440 bits per heavy atom. The monoisotopic (exact) mass is 372 g/mol. The first kappa shape index (κ1) is 25.3. The zero-order valence-electron chi connectivity index (χ0n) is 17.8. The summed E-state index contributed by atoms with van der Waals surface area (Å²) >= 11 is 5.96. The lowest BCUT2D eigenvalue weighted by Crippen LogP contribution is -1.90. The molecule has 0 N–H and O–H groups in total. The van der Waals surface area contributed by atoms with Crippen LogP contribution < -0.4 is 0 Å². The van der Waals surface area contributed by atoms with Gasteiger partial charge < -0.3 is 0 Å². The van der Waals surface area contributed by atoms with E-state index in [4.69, 9.17) is 11.6 Å². The van der Waals surface area contributed by atoms with E-state index in [2.05, 4.69) is 13.8 Å². The van der Waals surface area contributed by atoms with E-state index in [9.17, 15) is 0 Å². The molecule has 1 atom stereocenters. The Bertz CT molecular complexity index is 224. The topological polar surface area (TPSA) is 0 Å². The van der Waals surface area contributed by atoms with Crippen molar-refractivity contribution in [3.63, 3.8) is 0 Å². The van der Waals surface area contributed by atoms with Gasteiger partial charge in [0.2, 0.25) is 0 Å². The molecule has 0 heterocycles. The highest BCUT2D eigenvalue weighted by Crippen LogP contribution is 2.15. The molecule has 0 aliphatic rings. The number of rotatable bonds is 21. The zero-order chi connectivity index (χ0) is 18.4. The molecule has 0 spiro atoms. The van der Waals surface area contributed by atoms with Crippen molar-refractivity contribution >= 4 is 11.6 Å². The molecular weight excluding hydrogens is 324 g/mol. The molecule has 25 heavy (non-hydrogen) atoms. The fourth-order valence-corrected chi connectivity index (χ4v) is 3.84. The molecule has 0 bridgehead atoms. The van der Waals surface area contributed by atoms with Crippen LogP contribution in [0.25, 0.3) is 0 Å². The van der Waals surface area contributed by atoms with Gasteiger partial charge in [-0.2, -0.15) is 0 Å². The van der Waals surface area contributed by atoms with Gasteiger partial charge in [-0.3, -0.25) is 0 Å². The van der Waals surface area contributed by atoms with Crippen LogP contribution in [0.1, 0.15) is 149 Å². The van der Waals surface area contributed by atoms with Gasteiger partial charge in [0, 0.05) is 5.38 Å². The smallest absolute Gasteiger partial charge is 0.0307 e. The summed E-state index contributed by atoms with van der Waals surface area (Å²) in [5, 5.41) is 0.371. The van der Waals surface area contributed by atoms with E-state index < -0.39 is 0 Å². The minimum absolute atomic E-state index is 0.371. The Morgan fingerprint density at radius 3 is 0.920 bits per heavy atom. The minimum Gasteiger partial charge on any atom is -0.123 e. The maximum atomic E-state index is 5.96. The highest BCUT2D eigenvalue weighted by molar-refractivity contribution is 6.20. The first-order valence-corrected chi connectivity index (χ1v) is 12.3. The van der Waals surface area contributed by atoms with Crippen molar-refractivity contribution in [3.8, 4) is 0 Å². The molecule has 0 radical (unpaired) electrons. The van der Waals surface area contributed by atoms with Crippen molar-refractivity contribution in [2.45, 2.75) is 154 Å². The van der Waals surface area contributed by atoms with E-state index in [0.29, 0.717) is 5.38 Å². The average Bonchev–Trinajstić information content (AvgIpc) is 2.60. The van der Waals surface area contributed by atoms with Crippen LogP contribution in [-0.2, 0) is 0 Å². The third-order valence-electron chi connectivity index (χ3n) is 5.46. The first-order chi connectivity index (χ1) is 12.3. The van der Waals surface area contributed by atoms with Crippen molar-refractivity contribution < 1.29 is 0 Å². The summed E-state index contributed by atoms with van der Waals surface area (Å²) in [5.74, 6) is 0. The minimum atomic E-state index is 0.371. The van der Waals surface area contributed by atoms with Crippen LogP contribution in [0.4, 0.5) is 0 Å². The van der Waals surface area contributed by atoms with Crippen molar-refractivity contribution in [2.75, 3.05) is 0 Å². The molecule has 0 rings (SSSR count). The van der Waals surface area contributed by atoms with Crippen molar-refractivity contribution in [3.05, 3.63) is 0 Å². The fraction of sp³-hybridized carbons (Fsp3) is 1.00. The summed E-state index contributed by atoms with van der Waals surface area (Å²) in [6, 6.07) is 0. The molecule has 0 saturated carbocycles. The molecule has 152 valence electrons. The molecule has 0 nitrogen and oxygen atoms in total. The Hall–Kier alpha value is 0.290. The Kier molecular flexibility index (Phi) is 22.6. The van der Waals surface area contributed by atoms with Crippen LogP contribution >= 0.6 is 11.6 Å². The molecule has 0 aliphatic carbocycles. The molecule has 0 amide bonds. The van der Waals surface area contributed by atoms with E-state index >= 15 is 0 Å². The molecule has 1 unspecified atom stereocenters. The van der Waals surface area contributed by atoms with E-state index in [1.807, 2.05) is 0 Å². The number of hydrogen-bond donors (Lipinski definition) is 0. The molecule has 0 aromatic carbocycles. The van der Waals surface area contributed by atoms with Gasteiger partial charge in [0.25, 0.3) is 0 Å². The van der Waals surface area contributed by atoms with Crippen LogP contribution in [0.3, 0.4) is 0 Å². The van der Waals surface area contributed by atoms with Crippen molar-refractivity contribution in [1.29, 1.82) is 0 Å². The van der Waals surface area contributed by atoms with Crippen LogP contribution in [0.2, 0.25) is 0 Å². The van der Waals surface area contributed by atoms with Gasteiger partial charge in [-0.05, 0) is 13.3 Å². The van der Waals surface area contributed by atoms with E-state index in [1.165, 1.54) is 135 Å². The summed E-state index contributed by atoms with van der Waals surface area (Å²) in [6.45, 7) is 4.41. The van der Waals surface area contributed by atoms with Crippen LogP contribution in [0.5, 0.6) is 0 Å². The molecular formula is C24H49Cl. The van der Waals surface area contributed by atoms with Gasteiger partial charge in [-0.15, -0.1) is 11.6 Å². The number of unbranched alkanes of at least 4 members (excludes halogenated alkanes) is 19. The van der Waals surface area contributed by atoms with Gasteiger partial charge in [-0.25, -0.2) is 0 Å². The molecule has 0 aliphatic heterocycles. The van der Waals surface area contributed by atoms with Gasteiger partial charge in [0.15, 0.2) is 0 Å². The highest BCUT2D eigenvalue weighted by Gasteiger charge is 1.97. The Balaban J connectivity index is 2.96. The second kappa shape index (κ2) is 22.3. The van der Waals surface area contributed by atoms with E-state index in [0.717, 1.165) is 0 Å². The van der Waals surface area contributed by atoms with Crippen molar-refractivity contribution in [1.82, 2.24) is 0 Å². The second-order valence-corrected chi connectivity index (χ2v) is 9.03. The third-order valence-corrected chi connectivity index (χ3v) is 5.67. The molecule has 1 heteroatoms. The Morgan fingerprint density at radius 2 is 0.680 bits per heavy atom. The first-order valence-electron chi connectivity index (χ1n) is 11.9. The summed E-state index contributed by atoms with van der Waals surface area (Å²) < 4.78 is 0. The number of halogens is 1.